The molecule has 0 aliphatic heterocycles. The van der Waals surface area contributed by atoms with Crippen molar-refractivity contribution in [2.24, 2.45) is 0 Å². The lowest BCUT2D eigenvalue weighted by molar-refractivity contribution is -0.135. The SMILES string of the molecule is CCCCCCCC(=O)Oc1ccc(-c2ccc(OC(=O)CCCCCCC)c(=O)cc2)ccc1=O. The van der Waals surface area contributed by atoms with E-state index in [0.717, 1.165) is 64.2 Å². The summed E-state index contributed by atoms with van der Waals surface area (Å²) < 4.78 is 10.6. The predicted molar refractivity (Wildman–Crippen MR) is 142 cm³/mol. The van der Waals surface area contributed by atoms with Crippen LogP contribution in [0.4, 0.5) is 0 Å². The van der Waals surface area contributed by atoms with Gasteiger partial charge in [0.05, 0.1) is 0 Å². The molecule has 0 atom stereocenters. The van der Waals surface area contributed by atoms with Crippen molar-refractivity contribution < 1.29 is 19.1 Å². The molecular weight excluding hydrogens is 456 g/mol. The summed E-state index contributed by atoms with van der Waals surface area (Å²) in [5.41, 5.74) is 0.494. The standard InChI is InChI=1S/C30H38O6/c1-3-5-7-9-11-13-29(33)35-27-21-17-23(15-19-25(27)31)24-16-20-26(32)28(22-18-24)36-30(34)14-12-10-8-6-4-2/h15-22H,3-14H2,1-2H3. The molecule has 0 amide bonds. The van der Waals surface area contributed by atoms with E-state index in [1.807, 2.05) is 0 Å². The van der Waals surface area contributed by atoms with Crippen molar-refractivity contribution in [2.75, 3.05) is 0 Å². The summed E-state index contributed by atoms with van der Waals surface area (Å²) in [6.07, 6.45) is 10.7. The Labute approximate surface area is 213 Å². The van der Waals surface area contributed by atoms with Crippen LogP contribution in [0.5, 0.6) is 11.5 Å². The summed E-state index contributed by atoms with van der Waals surface area (Å²) in [5.74, 6) is -0.901. The van der Waals surface area contributed by atoms with Gasteiger partial charge < -0.3 is 9.47 Å². The Morgan fingerprint density at radius 1 is 0.528 bits per heavy atom. The van der Waals surface area contributed by atoms with Gasteiger partial charge in [0, 0.05) is 12.8 Å². The smallest absolute Gasteiger partial charge is 0.311 e. The third-order valence-electron chi connectivity index (χ3n) is 5.89. The van der Waals surface area contributed by atoms with Gasteiger partial charge in [0.2, 0.25) is 10.9 Å². The zero-order chi connectivity index (χ0) is 26.2. The van der Waals surface area contributed by atoms with Crippen molar-refractivity contribution >= 4 is 11.9 Å². The summed E-state index contributed by atoms with van der Waals surface area (Å²) in [7, 11) is 0. The van der Waals surface area contributed by atoms with E-state index >= 15 is 0 Å². The molecule has 2 rings (SSSR count). The maximum Gasteiger partial charge on any atom is 0.311 e. The van der Waals surface area contributed by atoms with E-state index in [4.69, 9.17) is 9.47 Å². The number of unbranched alkanes of at least 4 members (excludes halogenated alkanes) is 8. The Morgan fingerprint density at radius 2 is 0.889 bits per heavy atom. The zero-order valence-electron chi connectivity index (χ0n) is 21.6. The molecule has 0 aromatic heterocycles. The van der Waals surface area contributed by atoms with Crippen LogP contribution >= 0.6 is 0 Å². The molecule has 0 aliphatic rings. The predicted octanol–water partition coefficient (Wildman–Crippen LogP) is 6.61. The van der Waals surface area contributed by atoms with Gasteiger partial charge >= 0.3 is 11.9 Å². The second-order valence-electron chi connectivity index (χ2n) is 8.98. The van der Waals surface area contributed by atoms with Gasteiger partial charge in [-0.25, -0.2) is 0 Å². The molecule has 0 saturated heterocycles. The van der Waals surface area contributed by atoms with Gasteiger partial charge in [0.25, 0.3) is 0 Å². The molecule has 36 heavy (non-hydrogen) atoms. The molecule has 0 bridgehead atoms. The zero-order valence-corrected chi connectivity index (χ0v) is 21.6. The molecular formula is C30H38O6. The fraction of sp³-hybridized carbons (Fsp3) is 0.467. The van der Waals surface area contributed by atoms with Crippen molar-refractivity contribution in [1.82, 2.24) is 0 Å². The van der Waals surface area contributed by atoms with Crippen LogP contribution in [-0.4, -0.2) is 11.9 Å². The van der Waals surface area contributed by atoms with Crippen LogP contribution in [-0.2, 0) is 9.59 Å². The Kier molecular flexibility index (Phi) is 13.2. The average Bonchev–Trinajstić information content (AvgIpc) is 3.15. The molecule has 194 valence electrons. The number of ether oxygens (including phenoxy) is 2. The van der Waals surface area contributed by atoms with E-state index in [1.54, 1.807) is 24.3 Å². The molecule has 0 unspecified atom stereocenters. The number of esters is 2. The Morgan fingerprint density at radius 3 is 1.28 bits per heavy atom. The summed E-state index contributed by atoms with van der Waals surface area (Å²) in [4.78, 5) is 49.1. The van der Waals surface area contributed by atoms with Crippen LogP contribution in [0, 0.1) is 0 Å². The minimum absolute atomic E-state index is 0.0295. The first-order valence-electron chi connectivity index (χ1n) is 13.1. The minimum atomic E-state index is -0.421. The van der Waals surface area contributed by atoms with E-state index in [0.29, 0.717) is 11.1 Å². The van der Waals surface area contributed by atoms with Crippen LogP contribution in [0.3, 0.4) is 0 Å². The molecule has 0 saturated carbocycles. The van der Waals surface area contributed by atoms with Gasteiger partial charge in [-0.15, -0.1) is 0 Å². The van der Waals surface area contributed by atoms with Crippen LogP contribution in [0.25, 0.3) is 11.1 Å². The lowest BCUT2D eigenvalue weighted by Crippen LogP contribution is -2.12. The molecule has 0 N–H and O–H groups in total. The van der Waals surface area contributed by atoms with Gasteiger partial charge in [-0.2, -0.15) is 0 Å². The van der Waals surface area contributed by atoms with Crippen molar-refractivity contribution in [2.45, 2.75) is 90.9 Å². The molecule has 0 heterocycles. The van der Waals surface area contributed by atoms with Crippen molar-refractivity contribution in [3.63, 3.8) is 0 Å². The van der Waals surface area contributed by atoms with Crippen LogP contribution in [0.1, 0.15) is 90.9 Å². The molecule has 2 aromatic carbocycles. The number of carbonyl (C=O) groups is 2. The normalized spacial score (nSPS) is 10.6. The van der Waals surface area contributed by atoms with E-state index in [2.05, 4.69) is 13.8 Å². The van der Waals surface area contributed by atoms with Gasteiger partial charge in [-0.3, -0.25) is 19.2 Å². The molecule has 0 spiro atoms. The first-order valence-corrected chi connectivity index (χ1v) is 13.1. The maximum atomic E-state index is 12.4. The monoisotopic (exact) mass is 494 g/mol. The highest BCUT2D eigenvalue weighted by Crippen LogP contribution is 2.20. The molecule has 0 fully saturated rings. The quantitative estimate of drug-likeness (QED) is 0.205. The van der Waals surface area contributed by atoms with E-state index < -0.39 is 22.8 Å². The third kappa shape index (κ3) is 10.5. The minimum Gasteiger partial charge on any atom is -0.422 e. The summed E-state index contributed by atoms with van der Waals surface area (Å²) in [6.45, 7) is 4.27. The van der Waals surface area contributed by atoms with Crippen LogP contribution in [0.2, 0.25) is 0 Å². The van der Waals surface area contributed by atoms with Gasteiger partial charge in [-0.05, 0) is 48.2 Å². The van der Waals surface area contributed by atoms with Crippen LogP contribution in [0.15, 0.2) is 58.1 Å². The summed E-state index contributed by atoms with van der Waals surface area (Å²) in [5, 5.41) is 0. The van der Waals surface area contributed by atoms with Crippen molar-refractivity contribution in [1.29, 1.82) is 0 Å². The molecule has 6 nitrogen and oxygen atoms in total. The highest BCUT2D eigenvalue weighted by molar-refractivity contribution is 5.73. The molecule has 0 radical (unpaired) electrons. The topological polar surface area (TPSA) is 86.7 Å². The van der Waals surface area contributed by atoms with Gasteiger partial charge in [0.15, 0.2) is 11.5 Å². The van der Waals surface area contributed by atoms with E-state index in [9.17, 15) is 19.2 Å². The largest absolute Gasteiger partial charge is 0.422 e. The number of rotatable bonds is 15. The third-order valence-corrected chi connectivity index (χ3v) is 5.89. The number of hydrogen-bond donors (Lipinski definition) is 0. The molecule has 0 aliphatic carbocycles. The molecule has 6 heteroatoms. The van der Waals surface area contributed by atoms with E-state index in [-0.39, 0.29) is 24.3 Å². The first kappa shape index (κ1) is 29.0. The van der Waals surface area contributed by atoms with E-state index in [1.165, 1.54) is 24.3 Å². The highest BCUT2D eigenvalue weighted by atomic mass is 16.5. The number of hydrogen-bond acceptors (Lipinski definition) is 6. The lowest BCUT2D eigenvalue weighted by Gasteiger charge is -2.02. The first-order chi connectivity index (χ1) is 17.4. The Balaban J connectivity index is 2.04. The lowest BCUT2D eigenvalue weighted by atomic mass is 10.1. The van der Waals surface area contributed by atoms with Gasteiger partial charge in [-0.1, -0.05) is 89.5 Å². The van der Waals surface area contributed by atoms with Crippen molar-refractivity contribution in [3.8, 4) is 22.6 Å². The average molecular weight is 495 g/mol. The molecule has 2 aromatic rings. The van der Waals surface area contributed by atoms with Gasteiger partial charge in [0.1, 0.15) is 0 Å². The number of carbonyl (C=O) groups excluding carboxylic acids is 2. The Hall–Kier alpha value is -3.28. The Bertz CT molecular complexity index is 1020. The summed E-state index contributed by atoms with van der Waals surface area (Å²) in [6, 6.07) is 12.1. The highest BCUT2D eigenvalue weighted by Gasteiger charge is 2.10. The maximum absolute atomic E-state index is 12.4. The fourth-order valence-corrected chi connectivity index (χ4v) is 3.75. The fourth-order valence-electron chi connectivity index (χ4n) is 3.75. The van der Waals surface area contributed by atoms with Crippen molar-refractivity contribution in [3.05, 3.63) is 69.0 Å². The second-order valence-corrected chi connectivity index (χ2v) is 8.98. The second kappa shape index (κ2) is 16.4. The summed E-state index contributed by atoms with van der Waals surface area (Å²) >= 11 is 0. The van der Waals surface area contributed by atoms with Crippen LogP contribution < -0.4 is 20.3 Å².